The van der Waals surface area contributed by atoms with E-state index >= 15 is 0 Å². The molecule has 1 aliphatic carbocycles. The Morgan fingerprint density at radius 2 is 2.05 bits per heavy atom. The topological polar surface area (TPSA) is 79.5 Å². The highest BCUT2D eigenvalue weighted by Crippen LogP contribution is 2.24. The largest absolute Gasteiger partial charge is 0.481 e. The van der Waals surface area contributed by atoms with Crippen molar-refractivity contribution in [1.82, 2.24) is 5.32 Å². The van der Waals surface area contributed by atoms with Gasteiger partial charge in [-0.1, -0.05) is 19.3 Å². The van der Waals surface area contributed by atoms with Crippen LogP contribution in [-0.4, -0.2) is 23.0 Å². The summed E-state index contributed by atoms with van der Waals surface area (Å²) in [5.74, 6) is -1.00. The molecule has 5 heteroatoms. The van der Waals surface area contributed by atoms with Gasteiger partial charge in [0.15, 0.2) is 0 Å². The van der Waals surface area contributed by atoms with E-state index in [4.69, 9.17) is 4.42 Å². The van der Waals surface area contributed by atoms with Crippen LogP contribution in [0.4, 0.5) is 0 Å². The van der Waals surface area contributed by atoms with E-state index in [0.29, 0.717) is 17.7 Å². The van der Waals surface area contributed by atoms with Gasteiger partial charge in [0.1, 0.15) is 5.76 Å². The molecule has 1 amide bonds. The fraction of sp³-hybridized carbons (Fsp3) is 0.571. The summed E-state index contributed by atoms with van der Waals surface area (Å²) in [5, 5.41) is 12.1. The number of aliphatic carboxylic acids is 1. The Labute approximate surface area is 112 Å². The first-order valence-corrected chi connectivity index (χ1v) is 6.67. The van der Waals surface area contributed by atoms with Gasteiger partial charge in [-0.2, -0.15) is 0 Å². The van der Waals surface area contributed by atoms with Gasteiger partial charge in [-0.25, -0.2) is 0 Å². The number of hydrogen-bond acceptors (Lipinski definition) is 3. The number of hydrogen-bond donors (Lipinski definition) is 2. The van der Waals surface area contributed by atoms with Crippen LogP contribution >= 0.6 is 0 Å². The SMILES string of the molecule is Cc1occc1C(=O)N[C@@H]1CCCCC[C@@H]1C(=O)O. The summed E-state index contributed by atoms with van der Waals surface area (Å²) in [7, 11) is 0. The molecule has 1 aromatic heterocycles. The van der Waals surface area contributed by atoms with Crippen LogP contribution in [0.3, 0.4) is 0 Å². The molecule has 1 aromatic rings. The fourth-order valence-corrected chi connectivity index (χ4v) is 2.64. The van der Waals surface area contributed by atoms with Crippen LogP contribution in [0.2, 0.25) is 0 Å². The first-order chi connectivity index (χ1) is 9.09. The second-order valence-electron chi connectivity index (χ2n) is 5.05. The minimum absolute atomic E-state index is 0.246. The molecule has 0 unspecified atom stereocenters. The lowest BCUT2D eigenvalue weighted by atomic mass is 9.94. The number of furan rings is 1. The molecule has 1 heterocycles. The average Bonchev–Trinajstić information content (AvgIpc) is 2.65. The maximum atomic E-state index is 12.1. The number of nitrogens with one attached hydrogen (secondary N) is 1. The molecule has 19 heavy (non-hydrogen) atoms. The molecule has 0 aromatic carbocycles. The van der Waals surface area contributed by atoms with E-state index in [1.807, 2.05) is 0 Å². The van der Waals surface area contributed by atoms with Crippen molar-refractivity contribution in [3.63, 3.8) is 0 Å². The van der Waals surface area contributed by atoms with Crippen molar-refractivity contribution in [3.05, 3.63) is 23.7 Å². The molecular weight excluding hydrogens is 246 g/mol. The van der Waals surface area contributed by atoms with E-state index in [9.17, 15) is 14.7 Å². The molecule has 0 radical (unpaired) electrons. The van der Waals surface area contributed by atoms with E-state index in [1.54, 1.807) is 13.0 Å². The van der Waals surface area contributed by atoms with E-state index < -0.39 is 11.9 Å². The first-order valence-electron chi connectivity index (χ1n) is 6.67. The van der Waals surface area contributed by atoms with Crippen molar-refractivity contribution in [3.8, 4) is 0 Å². The third-order valence-corrected chi connectivity index (χ3v) is 3.75. The second kappa shape index (κ2) is 5.91. The zero-order chi connectivity index (χ0) is 13.8. The molecule has 2 rings (SSSR count). The number of carboxylic acids is 1. The number of rotatable bonds is 3. The zero-order valence-corrected chi connectivity index (χ0v) is 11.0. The summed E-state index contributed by atoms with van der Waals surface area (Å²) >= 11 is 0. The molecule has 0 saturated heterocycles. The smallest absolute Gasteiger partial charge is 0.308 e. The summed E-state index contributed by atoms with van der Waals surface area (Å²) < 4.78 is 5.10. The quantitative estimate of drug-likeness (QED) is 0.822. The zero-order valence-electron chi connectivity index (χ0n) is 11.0. The van der Waals surface area contributed by atoms with Gasteiger partial charge in [0.05, 0.1) is 17.7 Å². The van der Waals surface area contributed by atoms with Crippen LogP contribution in [0.25, 0.3) is 0 Å². The van der Waals surface area contributed by atoms with Gasteiger partial charge in [-0.05, 0) is 25.8 Å². The number of carbonyl (C=O) groups is 2. The van der Waals surface area contributed by atoms with Gasteiger partial charge in [0.25, 0.3) is 5.91 Å². The van der Waals surface area contributed by atoms with E-state index in [1.165, 1.54) is 6.26 Å². The van der Waals surface area contributed by atoms with Crippen molar-refractivity contribution >= 4 is 11.9 Å². The summed E-state index contributed by atoms with van der Waals surface area (Å²) in [5.41, 5.74) is 0.480. The van der Waals surface area contributed by atoms with Gasteiger partial charge >= 0.3 is 5.97 Å². The normalized spacial score (nSPS) is 23.6. The van der Waals surface area contributed by atoms with Crippen LogP contribution in [0.5, 0.6) is 0 Å². The monoisotopic (exact) mass is 265 g/mol. The Morgan fingerprint density at radius 3 is 2.68 bits per heavy atom. The van der Waals surface area contributed by atoms with Gasteiger partial charge in [-0.15, -0.1) is 0 Å². The minimum atomic E-state index is -0.823. The molecular formula is C14H19NO4. The molecule has 0 spiro atoms. The molecule has 0 aliphatic heterocycles. The Kier molecular flexibility index (Phi) is 4.24. The van der Waals surface area contributed by atoms with Crippen LogP contribution in [0.1, 0.15) is 48.2 Å². The summed E-state index contributed by atoms with van der Waals surface area (Å²) in [4.78, 5) is 23.4. The first kappa shape index (κ1) is 13.6. The lowest BCUT2D eigenvalue weighted by Crippen LogP contribution is -2.42. The maximum Gasteiger partial charge on any atom is 0.308 e. The number of amides is 1. The average molecular weight is 265 g/mol. The Balaban J connectivity index is 2.08. The van der Waals surface area contributed by atoms with Gasteiger partial charge < -0.3 is 14.8 Å². The van der Waals surface area contributed by atoms with Crippen molar-refractivity contribution in [2.75, 3.05) is 0 Å². The predicted octanol–water partition coefficient (Wildman–Crippen LogP) is 2.35. The summed E-state index contributed by atoms with van der Waals surface area (Å²) in [6.45, 7) is 1.72. The Bertz CT molecular complexity index is 466. The van der Waals surface area contributed by atoms with Gasteiger partial charge in [0, 0.05) is 6.04 Å². The molecule has 104 valence electrons. The second-order valence-corrected chi connectivity index (χ2v) is 5.05. The van der Waals surface area contributed by atoms with Crippen LogP contribution in [0.15, 0.2) is 16.7 Å². The molecule has 1 saturated carbocycles. The van der Waals surface area contributed by atoms with Crippen LogP contribution in [0, 0.1) is 12.8 Å². The third kappa shape index (κ3) is 3.16. The Hall–Kier alpha value is -1.78. The van der Waals surface area contributed by atoms with Crippen LogP contribution < -0.4 is 5.32 Å². The Morgan fingerprint density at radius 1 is 1.32 bits per heavy atom. The third-order valence-electron chi connectivity index (χ3n) is 3.75. The van der Waals surface area contributed by atoms with Crippen molar-refractivity contribution < 1.29 is 19.1 Å². The number of carboxylic acid groups (broad SMARTS) is 1. The van der Waals surface area contributed by atoms with Crippen molar-refractivity contribution in [2.45, 2.75) is 45.1 Å². The molecule has 2 N–H and O–H groups in total. The number of aryl methyl sites for hydroxylation is 1. The van der Waals surface area contributed by atoms with E-state index in [0.717, 1.165) is 25.7 Å². The summed E-state index contributed by atoms with van der Waals surface area (Å²) in [6.07, 6.45) is 5.71. The lowest BCUT2D eigenvalue weighted by molar-refractivity contribution is -0.142. The highest BCUT2D eigenvalue weighted by Gasteiger charge is 2.31. The molecule has 1 fully saturated rings. The van der Waals surface area contributed by atoms with Crippen molar-refractivity contribution in [2.24, 2.45) is 5.92 Å². The van der Waals surface area contributed by atoms with E-state index in [2.05, 4.69) is 5.32 Å². The minimum Gasteiger partial charge on any atom is -0.481 e. The highest BCUT2D eigenvalue weighted by atomic mass is 16.4. The van der Waals surface area contributed by atoms with Crippen molar-refractivity contribution in [1.29, 1.82) is 0 Å². The molecule has 1 aliphatic rings. The standard InChI is InChI=1S/C14H19NO4/c1-9-10(7-8-19-9)13(16)15-12-6-4-2-3-5-11(12)14(17)18/h7-8,11-12H,2-6H2,1H3,(H,15,16)(H,17,18)/t11-,12+/m0/s1. The van der Waals surface area contributed by atoms with E-state index in [-0.39, 0.29) is 11.9 Å². The molecule has 0 bridgehead atoms. The number of carbonyl (C=O) groups excluding carboxylic acids is 1. The lowest BCUT2D eigenvalue weighted by Gasteiger charge is -2.22. The van der Waals surface area contributed by atoms with Crippen LogP contribution in [-0.2, 0) is 4.79 Å². The highest BCUT2D eigenvalue weighted by molar-refractivity contribution is 5.95. The molecule has 5 nitrogen and oxygen atoms in total. The molecule has 2 atom stereocenters. The maximum absolute atomic E-state index is 12.1. The summed E-state index contributed by atoms with van der Waals surface area (Å²) in [6, 6.07) is 1.32. The van der Waals surface area contributed by atoms with Gasteiger partial charge in [-0.3, -0.25) is 9.59 Å². The van der Waals surface area contributed by atoms with Gasteiger partial charge in [0.2, 0.25) is 0 Å². The predicted molar refractivity (Wildman–Crippen MR) is 68.9 cm³/mol. The fourth-order valence-electron chi connectivity index (χ4n) is 2.64.